The molecule has 1 saturated carbocycles. The lowest BCUT2D eigenvalue weighted by Gasteiger charge is -2.32. The lowest BCUT2D eigenvalue weighted by atomic mass is 9.67. The van der Waals surface area contributed by atoms with E-state index in [2.05, 4.69) is 140 Å². The van der Waals surface area contributed by atoms with E-state index in [1.54, 1.807) is 0 Å². The zero-order chi connectivity index (χ0) is 31.0. The third kappa shape index (κ3) is 4.98. The highest BCUT2D eigenvalue weighted by molar-refractivity contribution is 6.04. The molecule has 45 heavy (non-hydrogen) atoms. The van der Waals surface area contributed by atoms with Crippen LogP contribution in [0.25, 0.3) is 10.8 Å². The van der Waals surface area contributed by atoms with E-state index in [4.69, 9.17) is 0 Å². The first kappa shape index (κ1) is 29.8. The third-order valence-electron chi connectivity index (χ3n) is 11.2. The highest BCUT2D eigenvalue weighted by Gasteiger charge is 2.50. The maximum Gasteiger partial charge on any atom is 0.209 e. The van der Waals surface area contributed by atoms with Crippen LogP contribution in [0.15, 0.2) is 109 Å². The molecule has 1 aliphatic carbocycles. The Labute approximate surface area is 270 Å². The van der Waals surface area contributed by atoms with Crippen molar-refractivity contribution in [2.75, 3.05) is 18.5 Å². The van der Waals surface area contributed by atoms with Gasteiger partial charge in [0.15, 0.2) is 5.71 Å². The van der Waals surface area contributed by atoms with Gasteiger partial charge in [-0.05, 0) is 79.1 Å². The van der Waals surface area contributed by atoms with Crippen LogP contribution in [0.4, 0.5) is 11.4 Å². The first-order valence-corrected chi connectivity index (χ1v) is 17.4. The number of allylic oxidation sites excluding steroid dienone is 4. The number of unbranched alkanes of at least 4 members (excludes halogenated alkanes) is 2. The fourth-order valence-electron chi connectivity index (χ4n) is 8.97. The van der Waals surface area contributed by atoms with Gasteiger partial charge in [0.2, 0.25) is 5.69 Å². The minimum Gasteiger partial charge on any atom is -0.344 e. The quantitative estimate of drug-likeness (QED) is 0.145. The molecular formula is C43H49N2+. The van der Waals surface area contributed by atoms with Crippen molar-refractivity contribution in [3.63, 3.8) is 0 Å². The van der Waals surface area contributed by atoms with Crippen LogP contribution < -0.4 is 4.90 Å². The molecule has 0 radical (unpaired) electrons. The molecule has 2 nitrogen and oxygen atoms in total. The summed E-state index contributed by atoms with van der Waals surface area (Å²) in [5.74, 6) is 0. The van der Waals surface area contributed by atoms with E-state index in [-0.39, 0.29) is 10.8 Å². The Kier molecular flexibility index (Phi) is 8.02. The molecule has 2 heterocycles. The summed E-state index contributed by atoms with van der Waals surface area (Å²) < 4.78 is 2.48. The van der Waals surface area contributed by atoms with E-state index in [1.165, 1.54) is 107 Å². The van der Waals surface area contributed by atoms with Crippen LogP contribution in [0.3, 0.4) is 0 Å². The van der Waals surface area contributed by atoms with Crippen LogP contribution in [0.2, 0.25) is 0 Å². The van der Waals surface area contributed by atoms with Crippen LogP contribution in [0.1, 0.15) is 87.5 Å². The molecule has 0 saturated heterocycles. The minimum absolute atomic E-state index is 0.138. The van der Waals surface area contributed by atoms with Gasteiger partial charge in [0.25, 0.3) is 0 Å². The first-order valence-electron chi connectivity index (χ1n) is 17.4. The second-order valence-corrected chi connectivity index (χ2v) is 14.0. The number of benzene rings is 4. The van der Waals surface area contributed by atoms with Gasteiger partial charge in [-0.1, -0.05) is 118 Å². The van der Waals surface area contributed by atoms with Gasteiger partial charge in [-0.2, -0.15) is 4.58 Å². The summed E-state index contributed by atoms with van der Waals surface area (Å²) in [5, 5.41) is 2.72. The Hall–Kier alpha value is -3.91. The summed E-state index contributed by atoms with van der Waals surface area (Å²) in [5.41, 5.74) is 11.5. The fourth-order valence-corrected chi connectivity index (χ4v) is 8.97. The molecule has 0 aromatic heterocycles. The average Bonchev–Trinajstić information content (AvgIpc) is 3.43. The maximum absolute atomic E-state index is 2.67. The number of anilines is 1. The second kappa shape index (κ2) is 12.1. The van der Waals surface area contributed by atoms with Crippen LogP contribution >= 0.6 is 0 Å². The Morgan fingerprint density at radius 1 is 0.844 bits per heavy atom. The molecule has 1 spiro atoms. The van der Waals surface area contributed by atoms with Gasteiger partial charge in [-0.3, -0.25) is 0 Å². The number of hydrogen-bond donors (Lipinski definition) is 0. The molecule has 0 bridgehead atoms. The fraction of sp³-hybridized carbons (Fsp3) is 0.372. The Morgan fingerprint density at radius 3 is 2.42 bits per heavy atom. The highest BCUT2D eigenvalue weighted by atomic mass is 15.2. The highest BCUT2D eigenvalue weighted by Crippen LogP contribution is 2.53. The molecule has 1 unspecified atom stereocenters. The van der Waals surface area contributed by atoms with Crippen molar-refractivity contribution in [2.24, 2.45) is 0 Å². The predicted molar refractivity (Wildman–Crippen MR) is 192 cm³/mol. The summed E-state index contributed by atoms with van der Waals surface area (Å²) in [4.78, 5) is 2.67. The van der Waals surface area contributed by atoms with Crippen LogP contribution in [0.5, 0.6) is 0 Å². The van der Waals surface area contributed by atoms with Crippen molar-refractivity contribution in [1.82, 2.24) is 0 Å². The number of nitrogens with zero attached hydrogens (tertiary/aromatic N) is 2. The lowest BCUT2D eigenvalue weighted by Crippen LogP contribution is -2.36. The summed E-state index contributed by atoms with van der Waals surface area (Å²) >= 11 is 0. The molecule has 2 aliphatic heterocycles. The van der Waals surface area contributed by atoms with Crippen molar-refractivity contribution in [1.29, 1.82) is 0 Å². The van der Waals surface area contributed by atoms with Crippen LogP contribution in [0, 0.1) is 6.92 Å². The molecule has 1 atom stereocenters. The zero-order valence-corrected chi connectivity index (χ0v) is 27.8. The third-order valence-corrected chi connectivity index (χ3v) is 11.2. The molecule has 0 N–H and O–H groups in total. The van der Waals surface area contributed by atoms with E-state index in [1.807, 2.05) is 0 Å². The van der Waals surface area contributed by atoms with Gasteiger partial charge in [0, 0.05) is 41.1 Å². The van der Waals surface area contributed by atoms with E-state index in [0.29, 0.717) is 0 Å². The van der Waals surface area contributed by atoms with Gasteiger partial charge in [0.1, 0.15) is 7.05 Å². The van der Waals surface area contributed by atoms with Crippen molar-refractivity contribution in [3.05, 3.63) is 131 Å². The van der Waals surface area contributed by atoms with Crippen molar-refractivity contribution >= 4 is 27.9 Å². The van der Waals surface area contributed by atoms with Gasteiger partial charge < -0.3 is 4.90 Å². The molecule has 230 valence electrons. The summed E-state index contributed by atoms with van der Waals surface area (Å²) in [6, 6.07) is 31.9. The zero-order valence-electron chi connectivity index (χ0n) is 27.8. The second-order valence-electron chi connectivity index (χ2n) is 14.0. The molecule has 3 aliphatic rings. The SMILES string of the molecule is CCCCCN1C(=CC=CC2=[N+](C)c3ccccc3C23CCCCC3)C(C)(Cc2ccccc2C)c2c1ccc1ccccc21. The number of para-hydroxylation sites is 1. The van der Waals surface area contributed by atoms with Crippen LogP contribution in [-0.2, 0) is 17.3 Å². The lowest BCUT2D eigenvalue weighted by molar-refractivity contribution is -0.401. The Bertz CT molecular complexity index is 1810. The smallest absolute Gasteiger partial charge is 0.209 e. The van der Waals surface area contributed by atoms with Gasteiger partial charge in [-0.15, -0.1) is 0 Å². The monoisotopic (exact) mass is 593 g/mol. The number of hydrogen-bond acceptors (Lipinski definition) is 1. The van der Waals surface area contributed by atoms with Gasteiger partial charge >= 0.3 is 0 Å². The molecule has 0 amide bonds. The normalized spacial score (nSPS) is 21.4. The maximum atomic E-state index is 2.67. The molecule has 7 rings (SSSR count). The van der Waals surface area contributed by atoms with Crippen molar-refractivity contribution in [2.45, 2.75) is 89.4 Å². The molecule has 2 heteroatoms. The van der Waals surface area contributed by atoms with Gasteiger partial charge in [-0.25, -0.2) is 0 Å². The van der Waals surface area contributed by atoms with E-state index < -0.39 is 0 Å². The van der Waals surface area contributed by atoms with Crippen molar-refractivity contribution in [3.8, 4) is 0 Å². The van der Waals surface area contributed by atoms with E-state index >= 15 is 0 Å². The standard InChI is InChI=1S/C43H49N2/c1-5-6-16-30-45-38-27-26-33-19-10-11-21-35(33)41(38)42(3,31-34-20-9-8-18-32(34)2)39(45)24-17-25-40-43(28-14-7-15-29-43)36-22-12-13-23-37(36)44(40)4/h8-13,17-27H,5-7,14-16,28-31H2,1-4H3/q+1. The topological polar surface area (TPSA) is 6.25 Å². The Balaban J connectivity index is 1.38. The Morgan fingerprint density at radius 2 is 1.60 bits per heavy atom. The summed E-state index contributed by atoms with van der Waals surface area (Å²) in [6.45, 7) is 8.14. The number of fused-ring (bicyclic) bond motifs is 5. The summed E-state index contributed by atoms with van der Waals surface area (Å²) in [6.07, 6.45) is 18.5. The first-order chi connectivity index (χ1) is 22.0. The molecule has 4 aromatic carbocycles. The molecule has 4 aromatic rings. The molecule has 1 fully saturated rings. The van der Waals surface area contributed by atoms with E-state index in [9.17, 15) is 0 Å². The largest absolute Gasteiger partial charge is 0.344 e. The summed E-state index contributed by atoms with van der Waals surface area (Å²) in [7, 11) is 2.28. The molecular weight excluding hydrogens is 544 g/mol. The predicted octanol–water partition coefficient (Wildman–Crippen LogP) is 10.7. The van der Waals surface area contributed by atoms with Crippen molar-refractivity contribution < 1.29 is 4.58 Å². The average molecular weight is 594 g/mol. The van der Waals surface area contributed by atoms with Crippen LogP contribution in [-0.4, -0.2) is 23.9 Å². The van der Waals surface area contributed by atoms with E-state index in [0.717, 1.165) is 13.0 Å². The number of rotatable bonds is 8. The number of aryl methyl sites for hydroxylation is 1. The van der Waals surface area contributed by atoms with Gasteiger partial charge in [0.05, 0.1) is 5.41 Å². The minimum atomic E-state index is -0.156.